The molecule has 4 atom stereocenters. The second kappa shape index (κ2) is 10.5. The van der Waals surface area contributed by atoms with Crippen molar-refractivity contribution < 1.29 is 19.1 Å². The Balaban J connectivity index is 1.31. The Kier molecular flexibility index (Phi) is 7.72. The SMILES string of the molecule is CN1C2CC[C@@H]1C[C@H](OC(=O)C1CCCCC1)C2C(=O)OCCCC1CCCCC1. The fraction of sp³-hybridized carbons (Fsp3) is 0.920. The Morgan fingerprint density at radius 1 is 0.867 bits per heavy atom. The quantitative estimate of drug-likeness (QED) is 0.435. The number of nitrogens with zero attached hydrogens (tertiary/aromatic N) is 1. The predicted octanol–water partition coefficient (Wildman–Crippen LogP) is 4.86. The minimum absolute atomic E-state index is 0.0308. The van der Waals surface area contributed by atoms with Gasteiger partial charge in [0.2, 0.25) is 0 Å². The molecule has 0 amide bonds. The number of carbonyl (C=O) groups is 2. The largest absolute Gasteiger partial charge is 0.465 e. The Bertz CT molecular complexity index is 582. The smallest absolute Gasteiger partial charge is 0.314 e. The molecule has 2 saturated carbocycles. The summed E-state index contributed by atoms with van der Waals surface area (Å²) < 4.78 is 11.8. The molecule has 0 aromatic heterocycles. The maximum absolute atomic E-state index is 13.1. The summed E-state index contributed by atoms with van der Waals surface area (Å²) in [5, 5.41) is 0. The van der Waals surface area contributed by atoms with Crippen LogP contribution in [0.4, 0.5) is 0 Å². The summed E-state index contributed by atoms with van der Waals surface area (Å²) in [5.41, 5.74) is 0. The Hall–Kier alpha value is -1.10. The maximum atomic E-state index is 13.1. The number of esters is 2. The molecule has 4 fully saturated rings. The first kappa shape index (κ1) is 22.1. The minimum atomic E-state index is -0.323. The molecular weight excluding hydrogens is 378 g/mol. The summed E-state index contributed by atoms with van der Waals surface area (Å²) in [6, 6.07) is 0.577. The van der Waals surface area contributed by atoms with Crippen LogP contribution in [0.25, 0.3) is 0 Å². The van der Waals surface area contributed by atoms with Crippen molar-refractivity contribution in [1.82, 2.24) is 4.90 Å². The maximum Gasteiger partial charge on any atom is 0.314 e. The highest BCUT2D eigenvalue weighted by Gasteiger charge is 2.51. The predicted molar refractivity (Wildman–Crippen MR) is 116 cm³/mol. The molecule has 170 valence electrons. The Morgan fingerprint density at radius 3 is 2.30 bits per heavy atom. The summed E-state index contributed by atoms with van der Waals surface area (Å²) in [6.07, 6.45) is 16.8. The minimum Gasteiger partial charge on any atom is -0.465 e. The van der Waals surface area contributed by atoms with Gasteiger partial charge in [0.1, 0.15) is 12.0 Å². The molecule has 2 heterocycles. The standard InChI is InChI=1S/C25H41NO4/c1-26-20-14-15-21(26)23(22(17-20)30-24(27)19-12-6-3-7-13-19)25(28)29-16-8-11-18-9-4-2-5-10-18/h18-23H,2-17H2,1H3/t20-,21?,22+,23?/m1/s1. The molecule has 30 heavy (non-hydrogen) atoms. The number of rotatable bonds is 7. The molecule has 5 nitrogen and oxygen atoms in total. The van der Waals surface area contributed by atoms with Crippen LogP contribution < -0.4 is 0 Å². The number of ether oxygens (including phenoxy) is 2. The van der Waals surface area contributed by atoms with Crippen LogP contribution in [0.5, 0.6) is 0 Å². The lowest BCUT2D eigenvalue weighted by Crippen LogP contribution is -2.54. The average Bonchev–Trinajstić information content (AvgIpc) is 3.01. The van der Waals surface area contributed by atoms with E-state index in [1.165, 1.54) is 44.9 Å². The van der Waals surface area contributed by atoms with E-state index in [-0.39, 0.29) is 35.9 Å². The van der Waals surface area contributed by atoms with Gasteiger partial charge in [-0.1, -0.05) is 51.4 Å². The monoisotopic (exact) mass is 419 g/mol. The third-order valence-electron chi connectivity index (χ3n) is 8.42. The molecule has 0 aromatic rings. The number of piperidine rings is 1. The van der Waals surface area contributed by atoms with Gasteiger partial charge in [-0.05, 0) is 51.5 Å². The third-order valence-corrected chi connectivity index (χ3v) is 8.42. The highest BCUT2D eigenvalue weighted by molar-refractivity contribution is 5.76. The van der Waals surface area contributed by atoms with Gasteiger partial charge in [0.05, 0.1) is 12.5 Å². The van der Waals surface area contributed by atoms with Crippen molar-refractivity contribution in [3.05, 3.63) is 0 Å². The van der Waals surface area contributed by atoms with E-state index in [0.29, 0.717) is 12.6 Å². The number of fused-ring (bicyclic) bond motifs is 2. The van der Waals surface area contributed by atoms with Crippen LogP contribution in [-0.4, -0.2) is 48.7 Å². The number of carbonyl (C=O) groups excluding carboxylic acids is 2. The lowest BCUT2D eigenvalue weighted by molar-refractivity contribution is -0.173. The molecule has 0 radical (unpaired) electrons. The van der Waals surface area contributed by atoms with E-state index in [1.807, 2.05) is 0 Å². The van der Waals surface area contributed by atoms with Gasteiger partial charge in [0.15, 0.2) is 0 Å². The molecule has 4 rings (SSSR count). The summed E-state index contributed by atoms with van der Waals surface area (Å²) in [6.45, 7) is 0.509. The highest BCUT2D eigenvalue weighted by Crippen LogP contribution is 2.41. The van der Waals surface area contributed by atoms with E-state index in [2.05, 4.69) is 11.9 Å². The first-order valence-corrected chi connectivity index (χ1v) is 12.7. The van der Waals surface area contributed by atoms with Gasteiger partial charge in [-0.15, -0.1) is 0 Å². The molecule has 2 bridgehead atoms. The van der Waals surface area contributed by atoms with E-state index >= 15 is 0 Å². The van der Waals surface area contributed by atoms with E-state index in [0.717, 1.165) is 57.3 Å². The highest BCUT2D eigenvalue weighted by atomic mass is 16.6. The van der Waals surface area contributed by atoms with Crippen LogP contribution in [-0.2, 0) is 19.1 Å². The van der Waals surface area contributed by atoms with Gasteiger partial charge in [0, 0.05) is 18.5 Å². The number of hydrogen-bond donors (Lipinski definition) is 0. The van der Waals surface area contributed by atoms with Crippen molar-refractivity contribution in [3.63, 3.8) is 0 Å². The van der Waals surface area contributed by atoms with E-state index < -0.39 is 0 Å². The van der Waals surface area contributed by atoms with Crippen molar-refractivity contribution in [2.24, 2.45) is 17.8 Å². The zero-order valence-electron chi connectivity index (χ0n) is 18.9. The lowest BCUT2D eigenvalue weighted by atomic mass is 9.86. The molecule has 2 saturated heterocycles. The Morgan fingerprint density at radius 2 is 1.57 bits per heavy atom. The fourth-order valence-corrected chi connectivity index (χ4v) is 6.55. The normalized spacial score (nSPS) is 33.4. The van der Waals surface area contributed by atoms with E-state index in [4.69, 9.17) is 9.47 Å². The van der Waals surface area contributed by atoms with Crippen molar-refractivity contribution >= 4 is 11.9 Å². The third kappa shape index (κ3) is 5.20. The van der Waals surface area contributed by atoms with Gasteiger partial charge in [-0.2, -0.15) is 0 Å². The summed E-state index contributed by atoms with van der Waals surface area (Å²) in [5.74, 6) is 0.313. The van der Waals surface area contributed by atoms with Crippen LogP contribution in [0.2, 0.25) is 0 Å². The van der Waals surface area contributed by atoms with Crippen molar-refractivity contribution in [1.29, 1.82) is 0 Å². The second-order valence-electron chi connectivity index (χ2n) is 10.3. The number of hydrogen-bond acceptors (Lipinski definition) is 5. The molecule has 0 N–H and O–H groups in total. The first-order chi connectivity index (χ1) is 14.6. The second-order valence-corrected chi connectivity index (χ2v) is 10.3. The Labute approximate surface area is 182 Å². The van der Waals surface area contributed by atoms with Gasteiger partial charge in [0.25, 0.3) is 0 Å². The van der Waals surface area contributed by atoms with Crippen LogP contribution in [0.3, 0.4) is 0 Å². The zero-order chi connectivity index (χ0) is 20.9. The molecule has 2 aliphatic carbocycles. The lowest BCUT2D eigenvalue weighted by Gasteiger charge is -2.41. The zero-order valence-corrected chi connectivity index (χ0v) is 18.9. The average molecular weight is 420 g/mol. The molecule has 0 aromatic carbocycles. The molecular formula is C25H41NO4. The van der Waals surface area contributed by atoms with Crippen molar-refractivity contribution in [2.75, 3.05) is 13.7 Å². The molecule has 4 aliphatic rings. The van der Waals surface area contributed by atoms with Gasteiger partial charge in [-0.25, -0.2) is 0 Å². The first-order valence-electron chi connectivity index (χ1n) is 12.7. The molecule has 0 spiro atoms. The van der Waals surface area contributed by atoms with Gasteiger partial charge in [-0.3, -0.25) is 14.5 Å². The van der Waals surface area contributed by atoms with Crippen LogP contribution >= 0.6 is 0 Å². The summed E-state index contributed by atoms with van der Waals surface area (Å²) >= 11 is 0. The van der Waals surface area contributed by atoms with Gasteiger partial charge >= 0.3 is 11.9 Å². The molecule has 5 heteroatoms. The van der Waals surface area contributed by atoms with E-state index in [9.17, 15) is 9.59 Å². The summed E-state index contributed by atoms with van der Waals surface area (Å²) in [7, 11) is 2.12. The van der Waals surface area contributed by atoms with Gasteiger partial charge < -0.3 is 9.47 Å². The molecule has 2 unspecified atom stereocenters. The molecule has 2 aliphatic heterocycles. The van der Waals surface area contributed by atoms with Crippen LogP contribution in [0.1, 0.15) is 96.3 Å². The van der Waals surface area contributed by atoms with Crippen LogP contribution in [0.15, 0.2) is 0 Å². The fourth-order valence-electron chi connectivity index (χ4n) is 6.55. The topological polar surface area (TPSA) is 55.8 Å². The summed E-state index contributed by atoms with van der Waals surface area (Å²) in [4.78, 5) is 28.2. The van der Waals surface area contributed by atoms with Crippen molar-refractivity contribution in [3.8, 4) is 0 Å². The van der Waals surface area contributed by atoms with E-state index in [1.54, 1.807) is 0 Å². The van der Waals surface area contributed by atoms with Crippen molar-refractivity contribution in [2.45, 2.75) is 114 Å². The van der Waals surface area contributed by atoms with Crippen LogP contribution in [0, 0.1) is 17.8 Å².